The average Bonchev–Trinajstić information content (AvgIpc) is 2.73. The Morgan fingerprint density at radius 1 is 1.06 bits per heavy atom. The van der Waals surface area contributed by atoms with Crippen LogP contribution in [0.5, 0.6) is 0 Å². The van der Waals surface area contributed by atoms with Crippen molar-refractivity contribution in [1.29, 1.82) is 0 Å². The third-order valence-corrected chi connectivity index (χ3v) is 2.07. The van der Waals surface area contributed by atoms with E-state index in [0.717, 1.165) is 11.3 Å². The van der Waals surface area contributed by atoms with E-state index >= 15 is 0 Å². The Bertz CT molecular complexity index is 411. The zero-order chi connectivity index (χ0) is 13.8. The minimum atomic E-state index is 0. The van der Waals surface area contributed by atoms with Crippen molar-refractivity contribution < 1.29 is 36.1 Å². The molecule has 0 saturated carbocycles. The van der Waals surface area contributed by atoms with Crippen molar-refractivity contribution in [2.24, 2.45) is 0 Å². The number of hydrogen-bond donors (Lipinski definition) is 0. The van der Waals surface area contributed by atoms with Gasteiger partial charge >= 0.3 is 33.9 Å². The summed E-state index contributed by atoms with van der Waals surface area (Å²) in [5, 5.41) is 0. The van der Waals surface area contributed by atoms with Crippen LogP contribution in [0.4, 0.5) is 5.69 Å². The van der Waals surface area contributed by atoms with Crippen LogP contribution >= 0.6 is 0 Å². The van der Waals surface area contributed by atoms with E-state index in [4.69, 9.17) is 14.0 Å². The predicted octanol–water partition coefficient (Wildman–Crippen LogP) is 1.09. The van der Waals surface area contributed by atoms with Crippen LogP contribution < -0.4 is 4.90 Å². The van der Waals surface area contributed by atoms with Gasteiger partial charge in [0.1, 0.15) is 0 Å². The van der Waals surface area contributed by atoms with E-state index in [9.17, 15) is 4.79 Å². The first kappa shape index (κ1) is 21.7. The fourth-order valence-electron chi connectivity index (χ4n) is 1.40. The fraction of sp³-hybridized carbons (Fsp3) is 0.167. The molecule has 1 heterocycles. The van der Waals surface area contributed by atoms with Crippen LogP contribution in [0.15, 0.2) is 24.3 Å². The van der Waals surface area contributed by atoms with E-state index < -0.39 is 0 Å². The van der Waals surface area contributed by atoms with Gasteiger partial charge in [-0.15, -0.1) is 0 Å². The van der Waals surface area contributed by atoms with Crippen LogP contribution in [0.2, 0.25) is 0 Å². The van der Waals surface area contributed by atoms with Crippen molar-refractivity contribution in [3.63, 3.8) is 0 Å². The van der Waals surface area contributed by atoms with Gasteiger partial charge in [-0.25, -0.2) is 0 Å². The van der Waals surface area contributed by atoms with Crippen LogP contribution in [-0.4, -0.2) is 13.0 Å². The Labute approximate surface area is 116 Å². The minimum Gasteiger partial charge on any atom is 0 e. The number of fused-ring (bicyclic) bond motifs is 1. The summed E-state index contributed by atoms with van der Waals surface area (Å²) in [4.78, 5) is 12.9. The molecular formula is C12H9CrNO4. The summed E-state index contributed by atoms with van der Waals surface area (Å²) < 4.78 is 22.5. The van der Waals surface area contributed by atoms with Crippen molar-refractivity contribution in [2.45, 2.75) is 6.42 Å². The largest absolute Gasteiger partial charge is 0 e. The molecule has 0 fully saturated rings. The number of hydrogen-bond acceptors (Lipinski definition) is 1. The second-order valence-corrected chi connectivity index (χ2v) is 2.76. The summed E-state index contributed by atoms with van der Waals surface area (Å²) in [5.41, 5.74) is 2.19. The van der Waals surface area contributed by atoms with Gasteiger partial charge in [0, 0.05) is 30.1 Å². The van der Waals surface area contributed by atoms with Crippen molar-refractivity contribution in [3.05, 3.63) is 49.8 Å². The van der Waals surface area contributed by atoms with Crippen molar-refractivity contribution in [3.8, 4) is 0 Å². The third kappa shape index (κ3) is 5.68. The predicted molar refractivity (Wildman–Crippen MR) is 55.3 cm³/mol. The standard InChI is InChI=1S/C9H9NO.3CO.Cr/c1-10-8-5-3-2-4-7(8)6-9(10)11;3*1-2;/h2-5H,6H2,1H3;;;;. The van der Waals surface area contributed by atoms with Gasteiger partial charge in [-0.3, -0.25) is 4.79 Å². The Balaban J connectivity index is -0.000000285. The van der Waals surface area contributed by atoms with E-state index in [1.54, 1.807) is 4.90 Å². The molecule has 0 N–H and O–H groups in total. The first-order valence-electron chi connectivity index (χ1n) is 4.25. The summed E-state index contributed by atoms with van der Waals surface area (Å²) in [6.45, 7) is 13.5. The summed E-state index contributed by atoms with van der Waals surface area (Å²) in [5.74, 6) is 0.186. The smallest absolute Gasteiger partial charge is 0 e. The first-order chi connectivity index (χ1) is 8.29. The van der Waals surface area contributed by atoms with Gasteiger partial charge in [0.2, 0.25) is 5.91 Å². The number of anilines is 1. The van der Waals surface area contributed by atoms with E-state index in [1.807, 2.05) is 31.3 Å². The maximum atomic E-state index is 11.2. The van der Waals surface area contributed by atoms with Crippen LogP contribution in [0, 0.1) is 20.0 Å². The molecule has 1 aliphatic rings. The molecule has 0 spiro atoms. The molecule has 0 bridgehead atoms. The number of para-hydroxylation sites is 1. The van der Waals surface area contributed by atoms with Crippen molar-refractivity contribution >= 4 is 11.6 Å². The Morgan fingerprint density at radius 2 is 1.50 bits per heavy atom. The summed E-state index contributed by atoms with van der Waals surface area (Å²) in [6, 6.07) is 7.89. The first-order valence-corrected chi connectivity index (χ1v) is 4.25. The van der Waals surface area contributed by atoms with Gasteiger partial charge in [0.05, 0.1) is 6.42 Å². The van der Waals surface area contributed by atoms with Gasteiger partial charge in [0.15, 0.2) is 0 Å². The number of benzene rings is 1. The molecule has 1 aromatic rings. The average molecular weight is 283 g/mol. The summed E-state index contributed by atoms with van der Waals surface area (Å²) in [6.07, 6.45) is 0.562. The maximum absolute atomic E-state index is 11.2. The van der Waals surface area contributed by atoms with Crippen LogP contribution in [0.25, 0.3) is 0 Å². The van der Waals surface area contributed by atoms with Crippen molar-refractivity contribution in [1.82, 2.24) is 0 Å². The molecule has 1 aromatic carbocycles. The zero-order valence-corrected chi connectivity index (χ0v) is 10.8. The molecule has 1 aliphatic heterocycles. The molecule has 6 heteroatoms. The number of nitrogens with zero attached hydrogens (tertiary/aromatic N) is 1. The van der Waals surface area contributed by atoms with E-state index in [1.165, 1.54) is 0 Å². The molecule has 1 amide bonds. The second kappa shape index (κ2) is 13.5. The van der Waals surface area contributed by atoms with E-state index in [-0.39, 0.29) is 23.3 Å². The van der Waals surface area contributed by atoms with Gasteiger partial charge < -0.3 is 4.90 Å². The van der Waals surface area contributed by atoms with Gasteiger partial charge in [-0.05, 0) is 11.6 Å². The Morgan fingerprint density at radius 3 is 1.94 bits per heavy atom. The van der Waals surface area contributed by atoms with Gasteiger partial charge in [-0.2, -0.15) is 0 Å². The van der Waals surface area contributed by atoms with Crippen LogP contribution in [0.3, 0.4) is 0 Å². The molecule has 0 aliphatic carbocycles. The maximum Gasteiger partial charge on any atom is 0 e. The third-order valence-electron chi connectivity index (χ3n) is 2.07. The summed E-state index contributed by atoms with van der Waals surface area (Å²) in [7, 11) is 1.81. The monoisotopic (exact) mass is 283 g/mol. The number of amides is 1. The molecule has 2 rings (SSSR count). The van der Waals surface area contributed by atoms with E-state index in [0.29, 0.717) is 6.42 Å². The second-order valence-electron chi connectivity index (χ2n) is 2.76. The molecule has 0 aromatic heterocycles. The van der Waals surface area contributed by atoms with E-state index in [2.05, 4.69) is 20.0 Å². The molecule has 0 unspecified atom stereocenters. The Kier molecular flexibility index (Phi) is 16.3. The molecule has 0 atom stereocenters. The molecule has 92 valence electrons. The molecule has 5 nitrogen and oxygen atoms in total. The van der Waals surface area contributed by atoms with Crippen LogP contribution in [0.1, 0.15) is 5.56 Å². The molecular weight excluding hydrogens is 274 g/mol. The van der Waals surface area contributed by atoms with Gasteiger partial charge in [-0.1, -0.05) is 18.2 Å². The molecule has 0 radical (unpaired) electrons. The number of rotatable bonds is 0. The van der Waals surface area contributed by atoms with Crippen LogP contribution in [-0.2, 0) is 42.5 Å². The number of likely N-dealkylation sites (N-methyl/N-ethyl adjacent to an activating group) is 1. The number of carbonyl (C=O) groups excluding carboxylic acids is 1. The fourth-order valence-corrected chi connectivity index (χ4v) is 1.40. The summed E-state index contributed by atoms with van der Waals surface area (Å²) >= 11 is 0. The topological polar surface area (TPSA) is 80.0 Å². The zero-order valence-electron chi connectivity index (χ0n) is 9.50. The minimum absolute atomic E-state index is 0. The quantitative estimate of drug-likeness (QED) is 0.518. The normalized spacial score (nSPS) is 9.72. The Hall–Kier alpha value is -1.56. The van der Waals surface area contributed by atoms with Crippen molar-refractivity contribution in [2.75, 3.05) is 11.9 Å². The molecule has 18 heavy (non-hydrogen) atoms. The molecule has 0 saturated heterocycles. The van der Waals surface area contributed by atoms with Gasteiger partial charge in [0.25, 0.3) is 0 Å². The number of carbonyl (C=O) groups is 1. The SMILES string of the molecule is CN1C(=O)Cc2ccccc21.[C-]#[O+].[C-]#[O+].[C-]#[O+].[Cr].